The molecule has 0 bridgehead atoms. The highest BCUT2D eigenvalue weighted by Gasteiger charge is 2.50. The van der Waals surface area contributed by atoms with Crippen molar-refractivity contribution in [3.05, 3.63) is 0 Å². The summed E-state index contributed by atoms with van der Waals surface area (Å²) in [6, 6.07) is 2.34. The molecule has 1 aliphatic heterocycles. The van der Waals surface area contributed by atoms with Crippen LogP contribution in [0.2, 0.25) is 18.1 Å². The molecule has 0 aromatic rings. The minimum Gasteiger partial charge on any atom is -0.444 e. The summed E-state index contributed by atoms with van der Waals surface area (Å²) in [4.78, 5) is 26.1. The molecule has 0 aliphatic carbocycles. The number of amides is 1. The Morgan fingerprint density at radius 2 is 1.80 bits per heavy atom. The molecular weight excluding hydrogens is 338 g/mol. The van der Waals surface area contributed by atoms with Crippen LogP contribution in [0.5, 0.6) is 0 Å². The lowest BCUT2D eigenvalue weighted by atomic mass is 10.1. The number of nitrogens with zero attached hydrogens (tertiary/aromatic N) is 1. The zero-order chi connectivity index (χ0) is 19.5. The molecule has 0 radical (unpaired) electrons. The fourth-order valence-corrected chi connectivity index (χ4v) is 6.02. The molecular formula is C18H35NO5Si. The van der Waals surface area contributed by atoms with E-state index in [0.29, 0.717) is 0 Å². The van der Waals surface area contributed by atoms with Gasteiger partial charge in [-0.25, -0.2) is 4.79 Å². The molecule has 25 heavy (non-hydrogen) atoms. The van der Waals surface area contributed by atoms with E-state index in [9.17, 15) is 9.59 Å². The van der Waals surface area contributed by atoms with Crippen molar-refractivity contribution in [2.45, 2.75) is 97.0 Å². The average molecular weight is 374 g/mol. The highest BCUT2D eigenvalue weighted by atomic mass is 28.4. The van der Waals surface area contributed by atoms with Gasteiger partial charge in [-0.15, -0.1) is 0 Å². The normalized spacial score (nSPS) is 21.9. The van der Waals surface area contributed by atoms with Crippen LogP contribution in [0, 0.1) is 0 Å². The van der Waals surface area contributed by atoms with Crippen molar-refractivity contribution >= 4 is 20.7 Å². The zero-order valence-electron chi connectivity index (χ0n) is 17.0. The van der Waals surface area contributed by atoms with Crippen LogP contribution in [-0.4, -0.2) is 55.7 Å². The first-order chi connectivity index (χ1) is 11.4. The van der Waals surface area contributed by atoms with Crippen LogP contribution < -0.4 is 0 Å². The van der Waals surface area contributed by atoms with Gasteiger partial charge in [-0.05, 0) is 52.8 Å². The standard InChI is InChI=1S/C18H35NO5Si/c1-9-25(10-2,11-3)24-15(12-20)14-13-22-18(7,8)19(14)16(21)23-17(4,5)6/h12,14-15H,9-11,13H2,1-8H3/t14-,15-/m0/s1. The van der Waals surface area contributed by atoms with E-state index in [0.717, 1.165) is 24.4 Å². The molecule has 0 unspecified atom stereocenters. The molecule has 0 N–H and O–H groups in total. The fraction of sp³-hybridized carbons (Fsp3) is 0.889. The second kappa shape index (κ2) is 8.18. The largest absolute Gasteiger partial charge is 0.444 e. The molecule has 1 fully saturated rings. The highest BCUT2D eigenvalue weighted by Crippen LogP contribution is 2.33. The summed E-state index contributed by atoms with van der Waals surface area (Å²) >= 11 is 0. The van der Waals surface area contributed by atoms with E-state index in [2.05, 4.69) is 20.8 Å². The SMILES string of the molecule is CC[Si](CC)(CC)O[C@@H](C=O)[C@@H]1COC(C)(C)N1C(=O)OC(C)(C)C. The maximum absolute atomic E-state index is 12.7. The summed E-state index contributed by atoms with van der Waals surface area (Å²) in [5.41, 5.74) is -1.46. The van der Waals surface area contributed by atoms with E-state index in [1.54, 1.807) is 0 Å². The Kier molecular flexibility index (Phi) is 7.24. The van der Waals surface area contributed by atoms with Gasteiger partial charge in [0.25, 0.3) is 0 Å². The third kappa shape index (κ3) is 5.28. The molecule has 0 spiro atoms. The lowest BCUT2D eigenvalue weighted by Gasteiger charge is -2.39. The first-order valence-corrected chi connectivity index (χ1v) is 11.8. The molecule has 6 nitrogen and oxygen atoms in total. The smallest absolute Gasteiger partial charge is 0.413 e. The molecule has 1 amide bonds. The van der Waals surface area contributed by atoms with Gasteiger partial charge < -0.3 is 18.7 Å². The van der Waals surface area contributed by atoms with Gasteiger partial charge in [-0.2, -0.15) is 0 Å². The summed E-state index contributed by atoms with van der Waals surface area (Å²) in [5, 5.41) is 0. The summed E-state index contributed by atoms with van der Waals surface area (Å²) < 4.78 is 17.7. The number of hydrogen-bond acceptors (Lipinski definition) is 5. The fourth-order valence-electron chi connectivity index (χ4n) is 3.23. The Morgan fingerprint density at radius 3 is 2.20 bits per heavy atom. The van der Waals surface area contributed by atoms with Gasteiger partial charge in [0.1, 0.15) is 23.7 Å². The lowest BCUT2D eigenvalue weighted by molar-refractivity contribution is -0.117. The molecule has 7 heteroatoms. The molecule has 1 heterocycles. The minimum absolute atomic E-state index is 0.261. The first-order valence-electron chi connectivity index (χ1n) is 9.24. The predicted octanol–water partition coefficient (Wildman–Crippen LogP) is 3.95. The lowest BCUT2D eigenvalue weighted by Crippen LogP contribution is -2.56. The zero-order valence-corrected chi connectivity index (χ0v) is 18.0. The Balaban J connectivity index is 3.09. The van der Waals surface area contributed by atoms with Crippen LogP contribution in [0.4, 0.5) is 4.79 Å². The van der Waals surface area contributed by atoms with Gasteiger partial charge >= 0.3 is 6.09 Å². The molecule has 2 atom stereocenters. The number of rotatable bonds is 7. The van der Waals surface area contributed by atoms with Gasteiger partial charge in [0, 0.05) is 0 Å². The second-order valence-electron chi connectivity index (χ2n) is 8.14. The van der Waals surface area contributed by atoms with E-state index in [1.165, 1.54) is 4.90 Å². The number of ether oxygens (including phenoxy) is 2. The second-order valence-corrected chi connectivity index (χ2v) is 12.9. The monoisotopic (exact) mass is 373 g/mol. The summed E-state index contributed by atoms with van der Waals surface area (Å²) in [6.07, 6.45) is -0.358. The highest BCUT2D eigenvalue weighted by molar-refractivity contribution is 6.73. The van der Waals surface area contributed by atoms with E-state index >= 15 is 0 Å². The third-order valence-electron chi connectivity index (χ3n) is 4.94. The summed E-state index contributed by atoms with van der Waals surface area (Å²) in [6.45, 7) is 15.7. The van der Waals surface area contributed by atoms with Crippen LogP contribution in [0.3, 0.4) is 0 Å². The number of carbonyl (C=O) groups excluding carboxylic acids is 2. The van der Waals surface area contributed by atoms with Crippen molar-refractivity contribution in [3.63, 3.8) is 0 Å². The van der Waals surface area contributed by atoms with Crippen LogP contribution in [-0.2, 0) is 18.7 Å². The predicted molar refractivity (Wildman–Crippen MR) is 100 cm³/mol. The average Bonchev–Trinajstić information content (AvgIpc) is 2.83. The maximum Gasteiger partial charge on any atom is 0.413 e. The summed E-state index contributed by atoms with van der Waals surface area (Å²) in [5.74, 6) is 0. The van der Waals surface area contributed by atoms with Gasteiger partial charge in [-0.1, -0.05) is 20.8 Å². The van der Waals surface area contributed by atoms with Crippen molar-refractivity contribution in [1.29, 1.82) is 0 Å². The first kappa shape index (κ1) is 22.1. The molecule has 146 valence electrons. The molecule has 0 saturated carbocycles. The van der Waals surface area contributed by atoms with Crippen molar-refractivity contribution < 1.29 is 23.5 Å². The quantitative estimate of drug-likeness (QED) is 0.499. The van der Waals surface area contributed by atoms with Crippen molar-refractivity contribution in [2.75, 3.05) is 6.61 Å². The van der Waals surface area contributed by atoms with Crippen LogP contribution in [0.1, 0.15) is 55.4 Å². The van der Waals surface area contributed by atoms with Gasteiger partial charge in [-0.3, -0.25) is 4.90 Å². The topological polar surface area (TPSA) is 65.1 Å². The van der Waals surface area contributed by atoms with Crippen molar-refractivity contribution in [2.24, 2.45) is 0 Å². The maximum atomic E-state index is 12.7. The Bertz CT molecular complexity index is 462. The molecule has 1 saturated heterocycles. The van der Waals surface area contributed by atoms with Crippen LogP contribution in [0.15, 0.2) is 0 Å². The van der Waals surface area contributed by atoms with Crippen molar-refractivity contribution in [3.8, 4) is 0 Å². The number of carbonyl (C=O) groups is 2. The summed E-state index contributed by atoms with van der Waals surface area (Å²) in [7, 11) is -1.99. The molecule has 1 rings (SSSR count). The van der Waals surface area contributed by atoms with Gasteiger partial charge in [0.15, 0.2) is 8.32 Å². The Hall–Kier alpha value is -0.923. The Labute approximate surface area is 153 Å². The van der Waals surface area contributed by atoms with E-state index in [-0.39, 0.29) is 6.61 Å². The number of hydrogen-bond donors (Lipinski definition) is 0. The van der Waals surface area contributed by atoms with Crippen LogP contribution in [0.25, 0.3) is 0 Å². The Morgan fingerprint density at radius 1 is 1.28 bits per heavy atom. The molecule has 1 aliphatic rings. The van der Waals surface area contributed by atoms with Crippen molar-refractivity contribution in [1.82, 2.24) is 4.90 Å². The minimum atomic E-state index is -1.99. The third-order valence-corrected chi connectivity index (χ3v) is 9.58. The van der Waals surface area contributed by atoms with Crippen LogP contribution >= 0.6 is 0 Å². The van der Waals surface area contributed by atoms with E-state index in [4.69, 9.17) is 13.9 Å². The van der Waals surface area contributed by atoms with E-state index < -0.39 is 37.9 Å². The number of aldehydes is 1. The van der Waals surface area contributed by atoms with Gasteiger partial charge in [0.2, 0.25) is 0 Å². The molecule has 0 aromatic heterocycles. The van der Waals surface area contributed by atoms with Gasteiger partial charge in [0.05, 0.1) is 12.6 Å². The molecule has 0 aromatic carbocycles. The van der Waals surface area contributed by atoms with E-state index in [1.807, 2.05) is 34.6 Å².